The van der Waals surface area contributed by atoms with Crippen molar-refractivity contribution in [3.8, 4) is 0 Å². The van der Waals surface area contributed by atoms with Crippen LogP contribution in [0.2, 0.25) is 4.34 Å². The fourth-order valence-electron chi connectivity index (χ4n) is 2.10. The van der Waals surface area contributed by atoms with Crippen molar-refractivity contribution >= 4 is 44.6 Å². The average molecular weight is 387 g/mol. The van der Waals surface area contributed by atoms with Gasteiger partial charge in [-0.05, 0) is 30.7 Å². The fourth-order valence-corrected chi connectivity index (χ4v) is 4.66. The first kappa shape index (κ1) is 18.8. The van der Waals surface area contributed by atoms with E-state index in [2.05, 4.69) is 4.72 Å². The second kappa shape index (κ2) is 8.00. The van der Waals surface area contributed by atoms with E-state index in [1.165, 1.54) is 12.1 Å². The van der Waals surface area contributed by atoms with E-state index in [1.54, 1.807) is 36.2 Å². The molecule has 1 amide bonds. The molecule has 0 bridgehead atoms. The van der Waals surface area contributed by atoms with Crippen LogP contribution in [-0.4, -0.2) is 32.8 Å². The van der Waals surface area contributed by atoms with Gasteiger partial charge in [-0.1, -0.05) is 37.1 Å². The van der Waals surface area contributed by atoms with Gasteiger partial charge in [0, 0.05) is 13.6 Å². The Balaban J connectivity index is 2.27. The molecule has 1 aromatic heterocycles. The van der Waals surface area contributed by atoms with Gasteiger partial charge in [0.1, 0.15) is 4.21 Å². The highest BCUT2D eigenvalue weighted by Crippen LogP contribution is 2.28. The van der Waals surface area contributed by atoms with Gasteiger partial charge in [-0.15, -0.1) is 11.3 Å². The smallest absolute Gasteiger partial charge is 0.271 e. The Kier molecular flexibility index (Phi) is 6.26. The van der Waals surface area contributed by atoms with E-state index in [0.717, 1.165) is 24.2 Å². The average Bonchev–Trinajstić information content (AvgIpc) is 2.99. The number of para-hydroxylation sites is 1. The summed E-state index contributed by atoms with van der Waals surface area (Å²) < 4.78 is 27.9. The number of nitrogens with zero attached hydrogens (tertiary/aromatic N) is 1. The highest BCUT2D eigenvalue weighted by Gasteiger charge is 2.21. The standard InChI is InChI=1S/C16H19ClN2O3S2/c1-3-4-11-19(2)16(20)12-7-5-6-8-13(12)18-24(21,22)15-10-9-14(17)23-15/h5-10,18H,3-4,11H2,1-2H3. The van der Waals surface area contributed by atoms with E-state index in [-0.39, 0.29) is 15.8 Å². The number of hydrogen-bond acceptors (Lipinski definition) is 4. The molecular weight excluding hydrogens is 368 g/mol. The molecule has 2 rings (SSSR count). The van der Waals surface area contributed by atoms with Gasteiger partial charge in [0.05, 0.1) is 15.6 Å². The Morgan fingerprint density at radius 1 is 1.25 bits per heavy atom. The Bertz CT molecular complexity index is 818. The number of amides is 1. The van der Waals surface area contributed by atoms with Gasteiger partial charge in [-0.3, -0.25) is 9.52 Å². The third kappa shape index (κ3) is 4.49. The molecule has 0 saturated heterocycles. The van der Waals surface area contributed by atoms with E-state index in [9.17, 15) is 13.2 Å². The number of hydrogen-bond donors (Lipinski definition) is 1. The van der Waals surface area contributed by atoms with Crippen LogP contribution >= 0.6 is 22.9 Å². The predicted molar refractivity (Wildman–Crippen MR) is 98.4 cm³/mol. The third-order valence-electron chi connectivity index (χ3n) is 3.41. The first-order valence-electron chi connectivity index (χ1n) is 7.48. The molecule has 0 aliphatic heterocycles. The second-order valence-corrected chi connectivity index (χ2v) is 8.91. The Morgan fingerprint density at radius 3 is 2.58 bits per heavy atom. The minimum atomic E-state index is -3.78. The van der Waals surface area contributed by atoms with Crippen LogP contribution in [0.25, 0.3) is 0 Å². The molecule has 1 heterocycles. The first-order chi connectivity index (χ1) is 11.3. The molecule has 0 fully saturated rings. The number of sulfonamides is 1. The van der Waals surface area contributed by atoms with Crippen molar-refractivity contribution in [2.24, 2.45) is 0 Å². The molecule has 0 unspecified atom stereocenters. The highest BCUT2D eigenvalue weighted by molar-refractivity contribution is 7.94. The van der Waals surface area contributed by atoms with Gasteiger partial charge in [0.2, 0.25) is 0 Å². The number of rotatable bonds is 7. The lowest BCUT2D eigenvalue weighted by molar-refractivity contribution is 0.0794. The van der Waals surface area contributed by atoms with Crippen LogP contribution in [0.3, 0.4) is 0 Å². The molecule has 24 heavy (non-hydrogen) atoms. The summed E-state index contributed by atoms with van der Waals surface area (Å²) in [6, 6.07) is 9.55. The molecule has 5 nitrogen and oxygen atoms in total. The van der Waals surface area contributed by atoms with Crippen molar-refractivity contribution in [1.29, 1.82) is 0 Å². The Labute approximate surface area is 151 Å². The summed E-state index contributed by atoms with van der Waals surface area (Å²) in [5, 5.41) is 0. The first-order valence-corrected chi connectivity index (χ1v) is 10.2. The van der Waals surface area contributed by atoms with Gasteiger partial charge < -0.3 is 4.90 Å². The SMILES string of the molecule is CCCCN(C)C(=O)c1ccccc1NS(=O)(=O)c1ccc(Cl)s1. The molecule has 0 saturated carbocycles. The monoisotopic (exact) mass is 386 g/mol. The number of nitrogens with one attached hydrogen (secondary N) is 1. The molecular formula is C16H19ClN2O3S2. The van der Waals surface area contributed by atoms with Crippen molar-refractivity contribution in [3.63, 3.8) is 0 Å². The molecule has 0 radical (unpaired) electrons. The normalized spacial score (nSPS) is 11.3. The lowest BCUT2D eigenvalue weighted by Gasteiger charge is -2.19. The maximum absolute atomic E-state index is 12.6. The lowest BCUT2D eigenvalue weighted by Crippen LogP contribution is -2.28. The fraction of sp³-hybridized carbons (Fsp3) is 0.312. The van der Waals surface area contributed by atoms with Crippen LogP contribution in [0.4, 0.5) is 5.69 Å². The van der Waals surface area contributed by atoms with Gasteiger partial charge in [0.15, 0.2) is 0 Å². The van der Waals surface area contributed by atoms with Crippen LogP contribution in [0.15, 0.2) is 40.6 Å². The zero-order chi connectivity index (χ0) is 17.7. The Morgan fingerprint density at radius 2 is 1.96 bits per heavy atom. The predicted octanol–water partition coefficient (Wildman–Crippen LogP) is 4.07. The molecule has 130 valence electrons. The van der Waals surface area contributed by atoms with Crippen LogP contribution < -0.4 is 4.72 Å². The van der Waals surface area contributed by atoms with Crippen LogP contribution in [-0.2, 0) is 10.0 Å². The van der Waals surface area contributed by atoms with Crippen LogP contribution in [0.1, 0.15) is 30.1 Å². The number of unbranched alkanes of at least 4 members (excludes halogenated alkanes) is 1. The minimum Gasteiger partial charge on any atom is -0.342 e. The molecule has 2 aromatic rings. The highest BCUT2D eigenvalue weighted by atomic mass is 35.5. The lowest BCUT2D eigenvalue weighted by atomic mass is 10.1. The summed E-state index contributed by atoms with van der Waals surface area (Å²) in [6.07, 6.45) is 1.87. The van der Waals surface area contributed by atoms with Crippen LogP contribution in [0.5, 0.6) is 0 Å². The molecule has 1 N–H and O–H groups in total. The number of anilines is 1. The zero-order valence-electron chi connectivity index (χ0n) is 13.5. The van der Waals surface area contributed by atoms with Crippen molar-refractivity contribution in [2.45, 2.75) is 24.0 Å². The van der Waals surface area contributed by atoms with Gasteiger partial charge in [-0.2, -0.15) is 0 Å². The van der Waals surface area contributed by atoms with Crippen molar-refractivity contribution in [2.75, 3.05) is 18.3 Å². The summed E-state index contributed by atoms with van der Waals surface area (Å²) in [7, 11) is -2.07. The largest absolute Gasteiger partial charge is 0.342 e. The van der Waals surface area contributed by atoms with E-state index < -0.39 is 10.0 Å². The molecule has 1 aromatic carbocycles. The Hall–Kier alpha value is -1.57. The topological polar surface area (TPSA) is 66.5 Å². The van der Waals surface area contributed by atoms with Crippen molar-refractivity contribution in [1.82, 2.24) is 4.90 Å². The molecule has 0 aliphatic rings. The van der Waals surface area contributed by atoms with Gasteiger partial charge >= 0.3 is 0 Å². The van der Waals surface area contributed by atoms with Crippen molar-refractivity contribution in [3.05, 3.63) is 46.3 Å². The van der Waals surface area contributed by atoms with E-state index in [4.69, 9.17) is 11.6 Å². The summed E-state index contributed by atoms with van der Waals surface area (Å²) in [5.74, 6) is -0.217. The van der Waals surface area contributed by atoms with Gasteiger partial charge in [0.25, 0.3) is 15.9 Å². The van der Waals surface area contributed by atoms with Crippen molar-refractivity contribution < 1.29 is 13.2 Å². The number of carbonyl (C=O) groups excluding carboxylic acids is 1. The quantitative estimate of drug-likeness (QED) is 0.779. The maximum Gasteiger partial charge on any atom is 0.271 e. The number of thiophene rings is 1. The van der Waals surface area contributed by atoms with E-state index in [0.29, 0.717) is 16.4 Å². The summed E-state index contributed by atoms with van der Waals surface area (Å²) in [5.41, 5.74) is 0.581. The molecule has 0 atom stereocenters. The second-order valence-electron chi connectivity index (χ2n) is 5.29. The summed E-state index contributed by atoms with van der Waals surface area (Å²) in [4.78, 5) is 14.2. The zero-order valence-corrected chi connectivity index (χ0v) is 15.8. The van der Waals surface area contributed by atoms with E-state index in [1.807, 2.05) is 6.92 Å². The van der Waals surface area contributed by atoms with E-state index >= 15 is 0 Å². The number of benzene rings is 1. The number of halogens is 1. The van der Waals surface area contributed by atoms with Gasteiger partial charge in [-0.25, -0.2) is 8.42 Å². The maximum atomic E-state index is 12.6. The molecule has 0 aliphatic carbocycles. The minimum absolute atomic E-state index is 0.106. The third-order valence-corrected chi connectivity index (χ3v) is 6.50. The number of carbonyl (C=O) groups is 1. The summed E-state index contributed by atoms with van der Waals surface area (Å²) in [6.45, 7) is 2.67. The molecule has 0 spiro atoms. The summed E-state index contributed by atoms with van der Waals surface area (Å²) >= 11 is 6.77. The molecule has 8 heteroatoms. The van der Waals surface area contributed by atoms with Crippen LogP contribution in [0, 0.1) is 0 Å².